The topological polar surface area (TPSA) is 77.5 Å². The van der Waals surface area contributed by atoms with Crippen LogP contribution in [0.1, 0.15) is 23.0 Å². The van der Waals surface area contributed by atoms with Gasteiger partial charge in [-0.05, 0) is 37.3 Å². The lowest BCUT2D eigenvalue weighted by Gasteiger charge is -2.05. The Bertz CT molecular complexity index is 621. The molecule has 1 heterocycles. The Balaban J connectivity index is 2.15. The molecule has 0 fully saturated rings. The summed E-state index contributed by atoms with van der Waals surface area (Å²) in [4.78, 5) is 14.5. The van der Waals surface area contributed by atoms with E-state index in [9.17, 15) is 9.90 Å². The predicted octanol–water partition coefficient (Wildman–Crippen LogP) is 2.64. The number of carbonyl (C=O) groups is 1. The van der Waals surface area contributed by atoms with Crippen molar-refractivity contribution in [3.63, 3.8) is 0 Å². The van der Waals surface area contributed by atoms with Crippen LogP contribution in [-0.4, -0.2) is 21.7 Å². The minimum absolute atomic E-state index is 0.110. The molecular formula is C13H12BrN3O2. The summed E-state index contributed by atoms with van der Waals surface area (Å²) in [5.41, 5.74) is 3.92. The van der Waals surface area contributed by atoms with Gasteiger partial charge in [0, 0.05) is 16.2 Å². The van der Waals surface area contributed by atoms with Crippen LogP contribution >= 0.6 is 15.9 Å². The van der Waals surface area contributed by atoms with E-state index in [2.05, 4.69) is 31.4 Å². The molecule has 0 radical (unpaired) electrons. The van der Waals surface area contributed by atoms with Crippen LogP contribution in [0.4, 0.5) is 0 Å². The summed E-state index contributed by atoms with van der Waals surface area (Å²) in [6.45, 7) is 1.70. The van der Waals surface area contributed by atoms with E-state index in [-0.39, 0.29) is 11.7 Å². The number of aromatic amines is 1. The standard InChI is InChI=1S/C13H12BrN3O2/c1-8(10-7-9(14)4-5-12(10)18)16-17-13(19)11-3-2-6-15-11/h2-7,15,18H,1H3,(H,17,19)/b16-8+. The predicted molar refractivity (Wildman–Crippen MR) is 76.3 cm³/mol. The van der Waals surface area contributed by atoms with Gasteiger partial charge in [-0.1, -0.05) is 15.9 Å². The SMILES string of the molecule is C/C(=N\NC(=O)c1ccc[nH]1)c1cc(Br)ccc1O. The molecule has 0 aliphatic rings. The molecule has 19 heavy (non-hydrogen) atoms. The van der Waals surface area contributed by atoms with Gasteiger partial charge in [0.2, 0.25) is 0 Å². The van der Waals surface area contributed by atoms with Crippen molar-refractivity contribution in [1.82, 2.24) is 10.4 Å². The first-order chi connectivity index (χ1) is 9.08. The number of aromatic hydroxyl groups is 1. The molecule has 0 aliphatic heterocycles. The maximum Gasteiger partial charge on any atom is 0.287 e. The number of carbonyl (C=O) groups excluding carboxylic acids is 1. The van der Waals surface area contributed by atoms with Gasteiger partial charge < -0.3 is 10.1 Å². The summed E-state index contributed by atoms with van der Waals surface area (Å²) in [6, 6.07) is 8.40. The second-order valence-corrected chi connectivity index (χ2v) is 4.80. The van der Waals surface area contributed by atoms with Crippen LogP contribution in [0.25, 0.3) is 0 Å². The summed E-state index contributed by atoms with van der Waals surface area (Å²) >= 11 is 3.32. The van der Waals surface area contributed by atoms with Crippen molar-refractivity contribution < 1.29 is 9.90 Å². The normalized spacial score (nSPS) is 11.4. The van der Waals surface area contributed by atoms with Gasteiger partial charge in [0.15, 0.2) is 0 Å². The molecule has 1 aromatic heterocycles. The van der Waals surface area contributed by atoms with Crippen LogP contribution in [0.5, 0.6) is 5.75 Å². The second-order valence-electron chi connectivity index (χ2n) is 3.88. The number of nitrogens with zero attached hydrogens (tertiary/aromatic N) is 1. The maximum atomic E-state index is 11.7. The monoisotopic (exact) mass is 321 g/mol. The Morgan fingerprint density at radius 1 is 1.42 bits per heavy atom. The third-order valence-electron chi connectivity index (χ3n) is 2.52. The minimum Gasteiger partial charge on any atom is -0.507 e. The van der Waals surface area contributed by atoms with Crippen molar-refractivity contribution in [3.8, 4) is 5.75 Å². The van der Waals surface area contributed by atoms with Gasteiger partial charge >= 0.3 is 0 Å². The zero-order valence-electron chi connectivity index (χ0n) is 10.1. The highest BCUT2D eigenvalue weighted by Gasteiger charge is 2.08. The zero-order valence-corrected chi connectivity index (χ0v) is 11.7. The molecule has 1 amide bonds. The van der Waals surface area contributed by atoms with Gasteiger partial charge in [-0.15, -0.1) is 0 Å². The van der Waals surface area contributed by atoms with Crippen molar-refractivity contribution >= 4 is 27.5 Å². The van der Waals surface area contributed by atoms with Crippen LogP contribution in [-0.2, 0) is 0 Å². The Morgan fingerprint density at radius 3 is 2.89 bits per heavy atom. The molecule has 2 aromatic rings. The third-order valence-corrected chi connectivity index (χ3v) is 3.01. The van der Waals surface area contributed by atoms with E-state index >= 15 is 0 Å². The van der Waals surface area contributed by atoms with Crippen LogP contribution in [0.2, 0.25) is 0 Å². The maximum absolute atomic E-state index is 11.7. The fourth-order valence-corrected chi connectivity index (χ4v) is 1.89. The molecule has 5 nitrogen and oxygen atoms in total. The number of hydrazone groups is 1. The third kappa shape index (κ3) is 3.23. The highest BCUT2D eigenvalue weighted by atomic mass is 79.9. The molecule has 3 N–H and O–H groups in total. The quantitative estimate of drug-likeness (QED) is 0.600. The largest absolute Gasteiger partial charge is 0.507 e. The van der Waals surface area contributed by atoms with Crippen molar-refractivity contribution in [1.29, 1.82) is 0 Å². The first-order valence-electron chi connectivity index (χ1n) is 5.55. The second kappa shape index (κ2) is 5.71. The van der Waals surface area contributed by atoms with Gasteiger partial charge in [0.1, 0.15) is 11.4 Å². The van der Waals surface area contributed by atoms with Crippen LogP contribution in [0.15, 0.2) is 46.1 Å². The van der Waals surface area contributed by atoms with E-state index in [1.165, 1.54) is 0 Å². The van der Waals surface area contributed by atoms with Gasteiger partial charge in [-0.2, -0.15) is 5.10 Å². The van der Waals surface area contributed by atoms with Gasteiger partial charge in [-0.3, -0.25) is 4.79 Å². The Hall–Kier alpha value is -2.08. The molecule has 0 aliphatic carbocycles. The number of rotatable bonds is 3. The number of nitrogens with one attached hydrogen (secondary N) is 2. The van der Waals surface area contributed by atoms with E-state index in [1.807, 2.05) is 0 Å². The Kier molecular flexibility index (Phi) is 4.01. The fraction of sp³-hybridized carbons (Fsp3) is 0.0769. The van der Waals surface area contributed by atoms with E-state index in [0.717, 1.165) is 4.47 Å². The van der Waals surface area contributed by atoms with E-state index in [4.69, 9.17) is 0 Å². The van der Waals surface area contributed by atoms with Crippen molar-refractivity contribution in [2.45, 2.75) is 6.92 Å². The molecule has 0 atom stereocenters. The summed E-state index contributed by atoms with van der Waals surface area (Å²) in [7, 11) is 0. The van der Waals surface area contributed by atoms with Crippen molar-refractivity contribution in [2.24, 2.45) is 5.10 Å². The number of hydrogen-bond donors (Lipinski definition) is 3. The number of aromatic nitrogens is 1. The minimum atomic E-state index is -0.334. The lowest BCUT2D eigenvalue weighted by Crippen LogP contribution is -2.19. The van der Waals surface area contributed by atoms with Gasteiger partial charge in [-0.25, -0.2) is 5.43 Å². The van der Waals surface area contributed by atoms with Crippen LogP contribution < -0.4 is 5.43 Å². The number of H-pyrrole nitrogens is 1. The van der Waals surface area contributed by atoms with E-state index in [0.29, 0.717) is 17.0 Å². The van der Waals surface area contributed by atoms with E-state index in [1.54, 1.807) is 43.5 Å². The van der Waals surface area contributed by atoms with Crippen molar-refractivity contribution in [2.75, 3.05) is 0 Å². The molecule has 98 valence electrons. The molecule has 0 unspecified atom stereocenters. The molecule has 2 rings (SSSR count). The molecule has 0 bridgehead atoms. The highest BCUT2D eigenvalue weighted by Crippen LogP contribution is 2.22. The average Bonchev–Trinajstić information content (AvgIpc) is 2.92. The molecule has 6 heteroatoms. The molecule has 1 aromatic carbocycles. The highest BCUT2D eigenvalue weighted by molar-refractivity contribution is 9.10. The molecule has 0 saturated heterocycles. The van der Waals surface area contributed by atoms with Gasteiger partial charge in [0.25, 0.3) is 5.91 Å². The summed E-state index contributed by atoms with van der Waals surface area (Å²) in [5, 5.41) is 13.7. The summed E-state index contributed by atoms with van der Waals surface area (Å²) < 4.78 is 0.825. The number of phenolic OH excluding ortho intramolecular Hbond substituents is 1. The molecular weight excluding hydrogens is 310 g/mol. The fourth-order valence-electron chi connectivity index (χ4n) is 1.52. The lowest BCUT2D eigenvalue weighted by molar-refractivity contribution is 0.0950. The number of hydrogen-bond acceptors (Lipinski definition) is 3. The Morgan fingerprint density at radius 2 is 2.21 bits per heavy atom. The average molecular weight is 322 g/mol. The summed E-state index contributed by atoms with van der Waals surface area (Å²) in [6.07, 6.45) is 1.66. The Labute approximate surface area is 118 Å². The number of amides is 1. The molecule has 0 saturated carbocycles. The van der Waals surface area contributed by atoms with Gasteiger partial charge in [0.05, 0.1) is 5.71 Å². The lowest BCUT2D eigenvalue weighted by atomic mass is 10.1. The summed E-state index contributed by atoms with van der Waals surface area (Å²) in [5.74, 6) is -0.225. The number of phenols is 1. The smallest absolute Gasteiger partial charge is 0.287 e. The zero-order chi connectivity index (χ0) is 13.8. The first-order valence-corrected chi connectivity index (χ1v) is 6.34. The molecule has 0 spiro atoms. The van der Waals surface area contributed by atoms with E-state index < -0.39 is 0 Å². The van der Waals surface area contributed by atoms with Crippen LogP contribution in [0.3, 0.4) is 0 Å². The number of benzene rings is 1. The number of halogens is 1. The first kappa shape index (κ1) is 13.4. The van der Waals surface area contributed by atoms with Crippen molar-refractivity contribution in [3.05, 3.63) is 52.3 Å². The van der Waals surface area contributed by atoms with Crippen LogP contribution in [0, 0.1) is 0 Å².